The van der Waals surface area contributed by atoms with Gasteiger partial charge in [0.25, 0.3) is 5.91 Å². The molecule has 0 aliphatic heterocycles. The molecule has 1 amide bonds. The van der Waals surface area contributed by atoms with E-state index >= 15 is 0 Å². The largest absolute Gasteiger partial charge is 0.452 e. The number of hydrogen-bond acceptors (Lipinski definition) is 3. The fourth-order valence-corrected chi connectivity index (χ4v) is 2.40. The first-order valence-electron chi connectivity index (χ1n) is 7.11. The molecule has 0 saturated heterocycles. The second-order valence-electron chi connectivity index (χ2n) is 4.97. The molecule has 4 nitrogen and oxygen atoms in total. The molecule has 0 spiro atoms. The van der Waals surface area contributed by atoms with Crippen LogP contribution in [0.4, 0.5) is 5.69 Å². The van der Waals surface area contributed by atoms with Gasteiger partial charge in [-0.3, -0.25) is 4.79 Å². The van der Waals surface area contributed by atoms with E-state index in [9.17, 15) is 9.59 Å². The van der Waals surface area contributed by atoms with E-state index in [1.165, 1.54) is 6.08 Å². The number of benzene rings is 2. The average Bonchev–Trinajstić information content (AvgIpc) is 2.55. The van der Waals surface area contributed by atoms with Crippen LogP contribution >= 0.6 is 27.5 Å². The first kappa shape index (κ1) is 18.2. The van der Waals surface area contributed by atoms with Crippen molar-refractivity contribution in [2.75, 3.05) is 11.9 Å². The number of halogens is 2. The standard InChI is InChI=1S/C18H15BrClNO3/c1-12-6-8-14(10-15(12)19)21-17(22)11-24-18(23)9-7-13-4-2-3-5-16(13)20/h2-10H,11H2,1H3,(H,21,22)/b9-7+. The molecule has 0 aliphatic rings. The summed E-state index contributed by atoms with van der Waals surface area (Å²) in [6, 6.07) is 12.5. The summed E-state index contributed by atoms with van der Waals surface area (Å²) in [4.78, 5) is 23.4. The number of amides is 1. The molecule has 0 radical (unpaired) electrons. The first-order chi connectivity index (χ1) is 11.5. The first-order valence-corrected chi connectivity index (χ1v) is 8.28. The van der Waals surface area contributed by atoms with E-state index in [1.54, 1.807) is 36.4 Å². The maximum absolute atomic E-state index is 11.8. The molecule has 6 heteroatoms. The summed E-state index contributed by atoms with van der Waals surface area (Å²) in [6.07, 6.45) is 2.77. The summed E-state index contributed by atoms with van der Waals surface area (Å²) in [5.41, 5.74) is 2.38. The maximum atomic E-state index is 11.8. The zero-order valence-corrected chi connectivity index (χ0v) is 15.2. The van der Waals surface area contributed by atoms with Crippen LogP contribution in [0.25, 0.3) is 6.08 Å². The van der Waals surface area contributed by atoms with Crippen molar-refractivity contribution in [3.05, 3.63) is 69.2 Å². The minimum Gasteiger partial charge on any atom is -0.452 e. The van der Waals surface area contributed by atoms with Crippen LogP contribution in [0.15, 0.2) is 53.0 Å². The Morgan fingerprint density at radius 2 is 2.00 bits per heavy atom. The Bertz CT molecular complexity index is 790. The van der Waals surface area contributed by atoms with Gasteiger partial charge in [0.2, 0.25) is 0 Å². The van der Waals surface area contributed by atoms with Crippen LogP contribution in [0, 0.1) is 6.92 Å². The molecule has 0 heterocycles. The van der Waals surface area contributed by atoms with E-state index in [-0.39, 0.29) is 6.61 Å². The monoisotopic (exact) mass is 407 g/mol. The summed E-state index contributed by atoms with van der Waals surface area (Å²) in [7, 11) is 0. The van der Waals surface area contributed by atoms with Crippen LogP contribution < -0.4 is 5.32 Å². The van der Waals surface area contributed by atoms with E-state index in [0.717, 1.165) is 10.0 Å². The lowest BCUT2D eigenvalue weighted by molar-refractivity contribution is -0.142. The molecule has 0 fully saturated rings. The molecule has 1 N–H and O–H groups in total. The lowest BCUT2D eigenvalue weighted by Gasteiger charge is -2.07. The van der Waals surface area contributed by atoms with Crippen molar-refractivity contribution >= 4 is 51.2 Å². The molecular weight excluding hydrogens is 394 g/mol. The highest BCUT2D eigenvalue weighted by Crippen LogP contribution is 2.20. The highest BCUT2D eigenvalue weighted by molar-refractivity contribution is 9.10. The van der Waals surface area contributed by atoms with E-state index < -0.39 is 11.9 Å². The predicted octanol–water partition coefficient (Wildman–Crippen LogP) is 4.61. The summed E-state index contributed by atoms with van der Waals surface area (Å²) >= 11 is 9.37. The molecule has 0 saturated carbocycles. The smallest absolute Gasteiger partial charge is 0.331 e. The molecule has 0 aliphatic carbocycles. The van der Waals surface area contributed by atoms with Crippen molar-refractivity contribution < 1.29 is 14.3 Å². The van der Waals surface area contributed by atoms with Crippen LogP contribution in [0.3, 0.4) is 0 Å². The van der Waals surface area contributed by atoms with Gasteiger partial charge in [-0.15, -0.1) is 0 Å². The SMILES string of the molecule is Cc1ccc(NC(=O)COC(=O)/C=C/c2ccccc2Cl)cc1Br. The number of nitrogens with one attached hydrogen (secondary N) is 1. The van der Waals surface area contributed by atoms with Crippen molar-refractivity contribution in [1.82, 2.24) is 0 Å². The van der Waals surface area contributed by atoms with Gasteiger partial charge in [0, 0.05) is 21.3 Å². The fraction of sp³-hybridized carbons (Fsp3) is 0.111. The van der Waals surface area contributed by atoms with Gasteiger partial charge in [0.15, 0.2) is 6.61 Å². The summed E-state index contributed by atoms with van der Waals surface area (Å²) in [6.45, 7) is 1.58. The Morgan fingerprint density at radius 3 is 2.71 bits per heavy atom. The number of carbonyl (C=O) groups is 2. The summed E-state index contributed by atoms with van der Waals surface area (Å²) < 4.78 is 5.79. The van der Waals surface area contributed by atoms with Gasteiger partial charge >= 0.3 is 5.97 Å². The number of hydrogen-bond donors (Lipinski definition) is 1. The normalized spacial score (nSPS) is 10.6. The lowest BCUT2D eigenvalue weighted by Crippen LogP contribution is -2.20. The van der Waals surface area contributed by atoms with Crippen LogP contribution in [0.1, 0.15) is 11.1 Å². The summed E-state index contributed by atoms with van der Waals surface area (Å²) in [5, 5.41) is 3.19. The van der Waals surface area contributed by atoms with Gasteiger partial charge in [0.05, 0.1) is 0 Å². The molecule has 0 unspecified atom stereocenters. The van der Waals surface area contributed by atoms with E-state index in [2.05, 4.69) is 21.2 Å². The molecular formula is C18H15BrClNO3. The lowest BCUT2D eigenvalue weighted by atomic mass is 10.2. The van der Waals surface area contributed by atoms with Crippen molar-refractivity contribution in [3.63, 3.8) is 0 Å². The predicted molar refractivity (Wildman–Crippen MR) is 99.0 cm³/mol. The molecule has 0 atom stereocenters. The van der Waals surface area contributed by atoms with E-state index in [4.69, 9.17) is 16.3 Å². The van der Waals surface area contributed by atoms with Crippen LogP contribution in [0.5, 0.6) is 0 Å². The Kier molecular flexibility index (Phi) is 6.58. The number of ether oxygens (including phenoxy) is 1. The number of aryl methyl sites for hydroxylation is 1. The number of esters is 1. The quantitative estimate of drug-likeness (QED) is 0.581. The van der Waals surface area contributed by atoms with Crippen molar-refractivity contribution in [2.45, 2.75) is 6.92 Å². The van der Waals surface area contributed by atoms with E-state index in [1.807, 2.05) is 19.1 Å². The van der Waals surface area contributed by atoms with Gasteiger partial charge in [-0.1, -0.05) is 51.8 Å². The summed E-state index contributed by atoms with van der Waals surface area (Å²) in [5.74, 6) is -1.03. The molecule has 24 heavy (non-hydrogen) atoms. The Balaban J connectivity index is 1.84. The second-order valence-corrected chi connectivity index (χ2v) is 6.24. The molecule has 2 aromatic carbocycles. The molecule has 0 aromatic heterocycles. The Labute approximate surface area is 153 Å². The third kappa shape index (κ3) is 5.51. The van der Waals surface area contributed by atoms with Gasteiger partial charge in [-0.05, 0) is 42.3 Å². The third-order valence-corrected chi connectivity index (χ3v) is 4.30. The highest BCUT2D eigenvalue weighted by atomic mass is 79.9. The van der Waals surface area contributed by atoms with Gasteiger partial charge < -0.3 is 10.1 Å². The molecule has 0 bridgehead atoms. The highest BCUT2D eigenvalue weighted by Gasteiger charge is 2.07. The topological polar surface area (TPSA) is 55.4 Å². The van der Waals surface area contributed by atoms with Crippen LogP contribution in [-0.4, -0.2) is 18.5 Å². The number of carbonyl (C=O) groups excluding carboxylic acids is 2. The molecule has 2 rings (SSSR count). The Hall–Kier alpha value is -2.11. The van der Waals surface area contributed by atoms with Crippen LogP contribution in [-0.2, 0) is 14.3 Å². The average molecular weight is 409 g/mol. The minimum absolute atomic E-state index is 0.364. The van der Waals surface area contributed by atoms with Gasteiger partial charge in [0.1, 0.15) is 0 Å². The van der Waals surface area contributed by atoms with Gasteiger partial charge in [-0.25, -0.2) is 4.79 Å². The molecule has 124 valence electrons. The number of anilines is 1. The van der Waals surface area contributed by atoms with Gasteiger partial charge in [-0.2, -0.15) is 0 Å². The van der Waals surface area contributed by atoms with Crippen molar-refractivity contribution in [1.29, 1.82) is 0 Å². The zero-order chi connectivity index (χ0) is 17.5. The minimum atomic E-state index is -0.616. The fourth-order valence-electron chi connectivity index (χ4n) is 1.82. The second kappa shape index (κ2) is 8.66. The third-order valence-electron chi connectivity index (χ3n) is 3.11. The molecule has 2 aromatic rings. The number of rotatable bonds is 5. The maximum Gasteiger partial charge on any atom is 0.331 e. The van der Waals surface area contributed by atoms with Crippen molar-refractivity contribution in [2.24, 2.45) is 0 Å². The van der Waals surface area contributed by atoms with Crippen molar-refractivity contribution in [3.8, 4) is 0 Å². The van der Waals surface area contributed by atoms with Crippen LogP contribution in [0.2, 0.25) is 5.02 Å². The zero-order valence-electron chi connectivity index (χ0n) is 12.9. The Morgan fingerprint density at radius 1 is 1.25 bits per heavy atom. The van der Waals surface area contributed by atoms with E-state index in [0.29, 0.717) is 16.3 Å².